The Kier molecular flexibility index (Phi) is 12.0. The molecular formula is C14H22Cl4O3. The van der Waals surface area contributed by atoms with Crippen molar-refractivity contribution in [1.29, 1.82) is 0 Å². The lowest BCUT2D eigenvalue weighted by molar-refractivity contribution is -0.160. The summed E-state index contributed by atoms with van der Waals surface area (Å²) in [5.41, 5.74) is 0. The molecule has 0 saturated carbocycles. The molecule has 0 bridgehead atoms. The maximum atomic E-state index is 11.6. The Morgan fingerprint density at radius 1 is 1.00 bits per heavy atom. The maximum absolute atomic E-state index is 11.6. The van der Waals surface area contributed by atoms with Gasteiger partial charge >= 0.3 is 11.9 Å². The van der Waals surface area contributed by atoms with Gasteiger partial charge in [-0.3, -0.25) is 4.79 Å². The topological polar surface area (TPSA) is 43.4 Å². The first-order chi connectivity index (χ1) is 9.79. The largest absolute Gasteiger partial charge is 0.391 e. The van der Waals surface area contributed by atoms with Crippen LogP contribution in [0.5, 0.6) is 0 Å². The van der Waals surface area contributed by atoms with E-state index in [2.05, 4.69) is 11.7 Å². The highest BCUT2D eigenvalue weighted by Crippen LogP contribution is 2.31. The molecular weight excluding hydrogens is 358 g/mol. The number of carbonyl (C=O) groups excluding carboxylic acids is 2. The van der Waals surface area contributed by atoms with Crippen molar-refractivity contribution in [3.8, 4) is 0 Å². The molecule has 124 valence electrons. The third-order valence-electron chi connectivity index (χ3n) is 2.90. The first kappa shape index (κ1) is 21.3. The Labute approximate surface area is 146 Å². The first-order valence-corrected chi connectivity index (χ1v) is 8.83. The number of unbranched alkanes of at least 4 members (excludes halogenated alkanes) is 6. The molecule has 0 aromatic heterocycles. The molecule has 0 amide bonds. The minimum atomic E-state index is -1.90. The lowest BCUT2D eigenvalue weighted by atomic mass is 10.1. The molecule has 0 fully saturated rings. The molecule has 3 nitrogen and oxygen atoms in total. The van der Waals surface area contributed by atoms with Crippen molar-refractivity contribution < 1.29 is 14.3 Å². The van der Waals surface area contributed by atoms with Crippen LogP contribution < -0.4 is 0 Å². The number of esters is 2. The molecule has 0 atom stereocenters. The number of carbonyl (C=O) groups is 2. The van der Waals surface area contributed by atoms with Gasteiger partial charge in [0.1, 0.15) is 4.84 Å². The van der Waals surface area contributed by atoms with E-state index in [0.29, 0.717) is 6.42 Å². The van der Waals surface area contributed by atoms with Gasteiger partial charge in [-0.05, 0) is 6.42 Å². The molecule has 0 aromatic carbocycles. The Hall–Kier alpha value is 0.300. The standard InChI is InChI=1S/C14H22Cl4O3/c1-2-3-4-5-6-7-8-9-12(19)21-13(20)14(17,18)10-11(15)16/h11H,2-10H2,1H3. The van der Waals surface area contributed by atoms with E-state index >= 15 is 0 Å². The molecule has 0 saturated heterocycles. The number of halogens is 4. The van der Waals surface area contributed by atoms with Crippen LogP contribution in [0.15, 0.2) is 0 Å². The fraction of sp³-hybridized carbons (Fsp3) is 0.857. The van der Waals surface area contributed by atoms with Crippen LogP contribution in [0.1, 0.15) is 64.7 Å². The normalized spacial score (nSPS) is 11.7. The minimum absolute atomic E-state index is 0.175. The molecule has 7 heteroatoms. The van der Waals surface area contributed by atoms with Crippen molar-refractivity contribution in [1.82, 2.24) is 0 Å². The summed E-state index contributed by atoms with van der Waals surface area (Å²) in [5.74, 6) is -1.65. The van der Waals surface area contributed by atoms with Crippen LogP contribution in [0.4, 0.5) is 0 Å². The predicted octanol–water partition coefficient (Wildman–Crippen LogP) is 5.56. The highest BCUT2D eigenvalue weighted by Gasteiger charge is 2.38. The van der Waals surface area contributed by atoms with Gasteiger partial charge in [-0.15, -0.1) is 23.2 Å². The van der Waals surface area contributed by atoms with Crippen LogP contribution >= 0.6 is 46.4 Å². The summed E-state index contributed by atoms with van der Waals surface area (Å²) in [6, 6.07) is 0. The average molecular weight is 380 g/mol. The van der Waals surface area contributed by atoms with Gasteiger partial charge in [0, 0.05) is 12.8 Å². The summed E-state index contributed by atoms with van der Waals surface area (Å²) in [4.78, 5) is 22.2. The van der Waals surface area contributed by atoms with E-state index in [0.717, 1.165) is 12.8 Å². The predicted molar refractivity (Wildman–Crippen MR) is 88.3 cm³/mol. The average Bonchev–Trinajstić information content (AvgIpc) is 2.36. The zero-order chi connectivity index (χ0) is 16.3. The number of alkyl halides is 4. The van der Waals surface area contributed by atoms with Crippen molar-refractivity contribution in [2.24, 2.45) is 0 Å². The molecule has 0 unspecified atom stereocenters. The molecule has 0 aromatic rings. The van der Waals surface area contributed by atoms with Gasteiger partial charge < -0.3 is 4.74 Å². The third-order valence-corrected chi connectivity index (χ3v) is 3.83. The first-order valence-electron chi connectivity index (χ1n) is 7.20. The number of hydrogen-bond acceptors (Lipinski definition) is 3. The van der Waals surface area contributed by atoms with E-state index in [1.54, 1.807) is 0 Å². The SMILES string of the molecule is CCCCCCCCCC(=O)OC(=O)C(Cl)(Cl)CC(Cl)Cl. The van der Waals surface area contributed by atoms with Gasteiger partial charge in [-0.2, -0.15) is 0 Å². The Morgan fingerprint density at radius 2 is 1.52 bits per heavy atom. The van der Waals surface area contributed by atoms with Crippen LogP contribution in [-0.2, 0) is 14.3 Å². The zero-order valence-electron chi connectivity index (χ0n) is 12.2. The highest BCUT2D eigenvalue weighted by molar-refractivity contribution is 6.58. The monoisotopic (exact) mass is 378 g/mol. The van der Waals surface area contributed by atoms with Gasteiger partial charge in [-0.25, -0.2) is 4.79 Å². The van der Waals surface area contributed by atoms with E-state index in [9.17, 15) is 9.59 Å². The Balaban J connectivity index is 3.81. The van der Waals surface area contributed by atoms with Gasteiger partial charge in [0.15, 0.2) is 0 Å². The fourth-order valence-corrected chi connectivity index (χ4v) is 2.90. The fourth-order valence-electron chi connectivity index (χ4n) is 1.73. The van der Waals surface area contributed by atoms with Gasteiger partial charge in [0.25, 0.3) is 0 Å². The molecule has 0 radical (unpaired) electrons. The van der Waals surface area contributed by atoms with Crippen molar-refractivity contribution in [3.63, 3.8) is 0 Å². The second-order valence-electron chi connectivity index (χ2n) is 4.93. The Morgan fingerprint density at radius 3 is 2.05 bits per heavy atom. The van der Waals surface area contributed by atoms with Crippen molar-refractivity contribution >= 4 is 58.3 Å². The molecule has 0 aliphatic rings. The second-order valence-corrected chi connectivity index (χ2v) is 7.69. The molecule has 0 aliphatic heterocycles. The quantitative estimate of drug-likeness (QED) is 0.204. The summed E-state index contributed by atoms with van der Waals surface area (Å²) >= 11 is 22.5. The molecule has 0 spiro atoms. The van der Waals surface area contributed by atoms with E-state index in [1.807, 2.05) is 0 Å². The second kappa shape index (κ2) is 11.8. The molecule has 0 rings (SSSR count). The third kappa shape index (κ3) is 11.5. The van der Waals surface area contributed by atoms with Gasteiger partial charge in [-0.1, -0.05) is 68.7 Å². The summed E-state index contributed by atoms with van der Waals surface area (Å²) in [6.07, 6.45) is 7.51. The van der Waals surface area contributed by atoms with E-state index in [-0.39, 0.29) is 12.8 Å². The molecule has 0 aliphatic carbocycles. The lowest BCUT2D eigenvalue weighted by Gasteiger charge is -2.17. The summed E-state index contributed by atoms with van der Waals surface area (Å²) < 4.78 is 2.70. The lowest BCUT2D eigenvalue weighted by Crippen LogP contribution is -2.32. The van der Waals surface area contributed by atoms with E-state index < -0.39 is 21.1 Å². The minimum Gasteiger partial charge on any atom is -0.391 e. The van der Waals surface area contributed by atoms with Crippen molar-refractivity contribution in [3.05, 3.63) is 0 Å². The van der Waals surface area contributed by atoms with Gasteiger partial charge in [0.05, 0.1) is 0 Å². The van der Waals surface area contributed by atoms with Gasteiger partial charge in [0.2, 0.25) is 4.33 Å². The van der Waals surface area contributed by atoms with Crippen LogP contribution in [0.3, 0.4) is 0 Å². The Bertz CT molecular complexity index is 319. The van der Waals surface area contributed by atoms with Crippen molar-refractivity contribution in [2.45, 2.75) is 73.9 Å². The van der Waals surface area contributed by atoms with E-state index in [1.165, 1.54) is 25.7 Å². The summed E-state index contributed by atoms with van der Waals surface area (Å²) in [5, 5.41) is 0. The van der Waals surface area contributed by atoms with Crippen molar-refractivity contribution in [2.75, 3.05) is 0 Å². The summed E-state index contributed by atoms with van der Waals surface area (Å²) in [6.45, 7) is 2.16. The number of rotatable bonds is 11. The molecule has 0 heterocycles. The summed E-state index contributed by atoms with van der Waals surface area (Å²) in [7, 11) is 0. The van der Waals surface area contributed by atoms with Crippen LogP contribution in [0, 0.1) is 0 Å². The molecule has 0 N–H and O–H groups in total. The maximum Gasteiger partial charge on any atom is 0.350 e. The van der Waals surface area contributed by atoms with Crippen LogP contribution in [-0.4, -0.2) is 21.1 Å². The zero-order valence-corrected chi connectivity index (χ0v) is 15.2. The van der Waals surface area contributed by atoms with Crippen LogP contribution in [0.25, 0.3) is 0 Å². The van der Waals surface area contributed by atoms with Crippen LogP contribution in [0.2, 0.25) is 0 Å². The smallest absolute Gasteiger partial charge is 0.350 e. The number of hydrogen-bond donors (Lipinski definition) is 0. The highest BCUT2D eigenvalue weighted by atomic mass is 35.5. The molecule has 21 heavy (non-hydrogen) atoms. The van der Waals surface area contributed by atoms with E-state index in [4.69, 9.17) is 46.4 Å². The number of ether oxygens (including phenoxy) is 1.